The Morgan fingerprint density at radius 1 is 1.22 bits per heavy atom. The quantitative estimate of drug-likeness (QED) is 0.870. The molecule has 0 bridgehead atoms. The highest BCUT2D eigenvalue weighted by molar-refractivity contribution is 6.31. The van der Waals surface area contributed by atoms with Crippen LogP contribution in [0.2, 0.25) is 5.02 Å². The Balaban J connectivity index is 1.87. The number of phenolic OH excluding ortho intramolecular Hbond substituents is 1. The minimum atomic E-state index is 0.0873. The second-order valence-electron chi connectivity index (χ2n) is 7.11. The van der Waals surface area contributed by atoms with E-state index in [1.807, 2.05) is 25.1 Å². The third-order valence-corrected chi connectivity index (χ3v) is 5.98. The lowest BCUT2D eigenvalue weighted by Gasteiger charge is -2.41. The van der Waals surface area contributed by atoms with Gasteiger partial charge in [0, 0.05) is 23.0 Å². The molecule has 2 aromatic carbocycles. The third kappa shape index (κ3) is 2.28. The van der Waals surface area contributed by atoms with E-state index in [4.69, 9.17) is 11.6 Å². The Kier molecular flexibility index (Phi) is 3.44. The van der Waals surface area contributed by atoms with Gasteiger partial charge in [-0.3, -0.25) is 4.90 Å². The van der Waals surface area contributed by atoms with Gasteiger partial charge in [0.05, 0.1) is 0 Å². The van der Waals surface area contributed by atoms with Crippen molar-refractivity contribution < 1.29 is 5.11 Å². The fourth-order valence-electron chi connectivity index (χ4n) is 4.32. The number of hydrogen-bond acceptors (Lipinski definition) is 2. The molecule has 0 amide bonds. The summed E-state index contributed by atoms with van der Waals surface area (Å²) >= 11 is 6.53. The minimum Gasteiger partial charge on any atom is -0.508 e. The van der Waals surface area contributed by atoms with E-state index >= 15 is 0 Å². The van der Waals surface area contributed by atoms with E-state index in [2.05, 4.69) is 30.1 Å². The van der Waals surface area contributed by atoms with Gasteiger partial charge in [-0.1, -0.05) is 35.9 Å². The van der Waals surface area contributed by atoms with Crippen LogP contribution in [0.25, 0.3) is 0 Å². The first-order valence-electron chi connectivity index (χ1n) is 8.30. The Morgan fingerprint density at radius 2 is 1.96 bits per heavy atom. The van der Waals surface area contributed by atoms with Gasteiger partial charge < -0.3 is 5.11 Å². The van der Waals surface area contributed by atoms with Crippen LogP contribution in [0.1, 0.15) is 41.1 Å². The zero-order valence-electron chi connectivity index (χ0n) is 13.6. The molecule has 120 valence electrons. The number of benzene rings is 2. The lowest BCUT2D eigenvalue weighted by atomic mass is 9.78. The van der Waals surface area contributed by atoms with Gasteiger partial charge in [-0.15, -0.1) is 0 Å². The van der Waals surface area contributed by atoms with Crippen molar-refractivity contribution >= 4 is 11.6 Å². The highest BCUT2D eigenvalue weighted by atomic mass is 35.5. The summed E-state index contributed by atoms with van der Waals surface area (Å²) in [5.74, 6) is 0.402. The zero-order chi connectivity index (χ0) is 16.2. The van der Waals surface area contributed by atoms with Gasteiger partial charge in [0.15, 0.2) is 0 Å². The van der Waals surface area contributed by atoms with E-state index in [1.165, 1.54) is 16.7 Å². The maximum absolute atomic E-state index is 10.2. The van der Waals surface area contributed by atoms with Crippen molar-refractivity contribution in [2.24, 2.45) is 0 Å². The van der Waals surface area contributed by atoms with Crippen molar-refractivity contribution in [3.05, 3.63) is 63.7 Å². The van der Waals surface area contributed by atoms with Crippen molar-refractivity contribution in [1.82, 2.24) is 4.90 Å². The van der Waals surface area contributed by atoms with Crippen LogP contribution in [0.5, 0.6) is 5.75 Å². The van der Waals surface area contributed by atoms with Crippen LogP contribution >= 0.6 is 11.6 Å². The molecule has 1 aliphatic carbocycles. The van der Waals surface area contributed by atoms with Gasteiger partial charge >= 0.3 is 0 Å². The molecule has 2 aliphatic rings. The van der Waals surface area contributed by atoms with Crippen molar-refractivity contribution in [2.45, 2.75) is 37.6 Å². The van der Waals surface area contributed by atoms with Crippen molar-refractivity contribution in [2.75, 3.05) is 13.6 Å². The van der Waals surface area contributed by atoms with Gasteiger partial charge in [0.2, 0.25) is 0 Å². The Bertz CT molecular complexity index is 766. The molecule has 23 heavy (non-hydrogen) atoms. The summed E-state index contributed by atoms with van der Waals surface area (Å²) in [5, 5.41) is 11.1. The molecule has 1 atom stereocenters. The van der Waals surface area contributed by atoms with E-state index in [-0.39, 0.29) is 11.5 Å². The molecule has 1 aliphatic heterocycles. The molecule has 1 fully saturated rings. The summed E-state index contributed by atoms with van der Waals surface area (Å²) in [6.07, 6.45) is 3.35. The molecule has 1 unspecified atom stereocenters. The number of rotatable bonds is 2. The first kappa shape index (κ1) is 15.0. The van der Waals surface area contributed by atoms with Crippen LogP contribution in [0.15, 0.2) is 36.4 Å². The summed E-state index contributed by atoms with van der Waals surface area (Å²) < 4.78 is 0. The predicted molar refractivity (Wildman–Crippen MR) is 94.3 cm³/mol. The number of halogens is 1. The summed E-state index contributed by atoms with van der Waals surface area (Å²) in [6, 6.07) is 12.7. The lowest BCUT2D eigenvalue weighted by Crippen LogP contribution is -2.39. The number of phenols is 1. The monoisotopic (exact) mass is 327 g/mol. The highest BCUT2D eigenvalue weighted by Crippen LogP contribution is 2.61. The molecule has 1 heterocycles. The molecule has 0 aromatic heterocycles. The normalized spacial score (nSPS) is 22.7. The summed E-state index contributed by atoms with van der Waals surface area (Å²) in [5.41, 5.74) is 4.96. The third-order valence-electron chi connectivity index (χ3n) is 5.65. The van der Waals surface area contributed by atoms with Crippen LogP contribution in [0.3, 0.4) is 0 Å². The Morgan fingerprint density at radius 3 is 2.65 bits per heavy atom. The predicted octanol–water partition coefficient (Wildman–Crippen LogP) is 4.61. The van der Waals surface area contributed by atoms with E-state index in [9.17, 15) is 5.11 Å². The smallest absolute Gasteiger partial charge is 0.118 e. The second kappa shape index (κ2) is 5.25. The van der Waals surface area contributed by atoms with Crippen LogP contribution in [0.4, 0.5) is 0 Å². The largest absolute Gasteiger partial charge is 0.508 e. The molecule has 3 heteroatoms. The Labute approximate surface area is 142 Å². The maximum atomic E-state index is 10.2. The van der Waals surface area contributed by atoms with Gasteiger partial charge in [0.25, 0.3) is 0 Å². The zero-order valence-corrected chi connectivity index (χ0v) is 14.4. The van der Waals surface area contributed by atoms with Gasteiger partial charge in [-0.25, -0.2) is 0 Å². The van der Waals surface area contributed by atoms with Crippen LogP contribution in [0, 0.1) is 6.92 Å². The number of aromatic hydroxyl groups is 1. The molecule has 2 aromatic rings. The molecular weight excluding hydrogens is 306 g/mol. The molecule has 0 radical (unpaired) electrons. The van der Waals surface area contributed by atoms with Crippen LogP contribution < -0.4 is 0 Å². The van der Waals surface area contributed by atoms with Gasteiger partial charge in [-0.05, 0) is 67.6 Å². The van der Waals surface area contributed by atoms with Crippen molar-refractivity contribution in [3.63, 3.8) is 0 Å². The molecule has 0 spiro atoms. The van der Waals surface area contributed by atoms with Crippen molar-refractivity contribution in [1.29, 1.82) is 0 Å². The highest BCUT2D eigenvalue weighted by Gasteiger charge is 2.54. The topological polar surface area (TPSA) is 23.5 Å². The first-order chi connectivity index (χ1) is 11.0. The first-order valence-corrected chi connectivity index (χ1v) is 8.68. The average molecular weight is 328 g/mol. The van der Waals surface area contributed by atoms with E-state index in [0.717, 1.165) is 36.4 Å². The fourth-order valence-corrected chi connectivity index (χ4v) is 4.64. The minimum absolute atomic E-state index is 0.0873. The number of aryl methyl sites for hydroxylation is 1. The molecule has 1 saturated carbocycles. The molecule has 4 rings (SSSR count). The number of likely N-dealkylation sites (N-methyl/N-ethyl adjacent to an activating group) is 1. The second-order valence-corrected chi connectivity index (χ2v) is 7.51. The summed E-state index contributed by atoms with van der Waals surface area (Å²) in [6.45, 7) is 3.03. The number of fused-ring (bicyclic) bond motifs is 1. The van der Waals surface area contributed by atoms with Crippen molar-refractivity contribution in [3.8, 4) is 5.75 Å². The Hall–Kier alpha value is -1.51. The average Bonchev–Trinajstić information content (AvgIpc) is 3.30. The lowest BCUT2D eigenvalue weighted by molar-refractivity contribution is 0.187. The van der Waals surface area contributed by atoms with Crippen LogP contribution in [-0.4, -0.2) is 23.6 Å². The molecule has 0 saturated heterocycles. The number of hydrogen-bond donors (Lipinski definition) is 1. The summed E-state index contributed by atoms with van der Waals surface area (Å²) in [4.78, 5) is 2.44. The maximum Gasteiger partial charge on any atom is 0.118 e. The molecular formula is C20H22ClNO. The van der Waals surface area contributed by atoms with Crippen LogP contribution in [-0.2, 0) is 11.8 Å². The van der Waals surface area contributed by atoms with E-state index < -0.39 is 0 Å². The SMILES string of the molecule is Cc1cc2c(cc1O)C(C1(c3ccccc3Cl)CC1)N(C)CC2. The van der Waals surface area contributed by atoms with E-state index in [0.29, 0.717) is 5.75 Å². The molecule has 1 N–H and O–H groups in total. The van der Waals surface area contributed by atoms with Gasteiger partial charge in [-0.2, -0.15) is 0 Å². The molecule has 2 nitrogen and oxygen atoms in total. The van der Waals surface area contributed by atoms with Gasteiger partial charge in [0.1, 0.15) is 5.75 Å². The van der Waals surface area contributed by atoms with E-state index in [1.54, 1.807) is 0 Å². The summed E-state index contributed by atoms with van der Waals surface area (Å²) in [7, 11) is 2.20. The fraction of sp³-hybridized carbons (Fsp3) is 0.400. The number of nitrogens with zero attached hydrogens (tertiary/aromatic N) is 1. The standard InChI is InChI=1S/C20H22ClNO/c1-13-11-14-7-10-22(2)19(15(14)12-18(13)23)20(8-9-20)16-5-3-4-6-17(16)21/h3-6,11-12,19,23H,7-10H2,1-2H3.